The van der Waals surface area contributed by atoms with Gasteiger partial charge >= 0.3 is 5.97 Å². The van der Waals surface area contributed by atoms with E-state index in [4.69, 9.17) is 4.74 Å². The summed E-state index contributed by atoms with van der Waals surface area (Å²) in [5.41, 5.74) is 0.566. The second-order valence-electron chi connectivity index (χ2n) is 6.60. The quantitative estimate of drug-likeness (QED) is 0.306. The van der Waals surface area contributed by atoms with E-state index in [0.29, 0.717) is 18.7 Å². The smallest absolute Gasteiger partial charge is 0.333 e. The minimum Gasteiger partial charge on any atom is -0.461 e. The fourth-order valence-corrected chi connectivity index (χ4v) is 2.27. The van der Waals surface area contributed by atoms with Gasteiger partial charge in [-0.05, 0) is 27.2 Å². The number of carbonyl (C=O) groups is 1. The Balaban J connectivity index is 3.55. The molecule has 0 saturated heterocycles. The Kier molecular flexibility index (Phi) is 11.3. The second kappa shape index (κ2) is 11.8. The maximum atomic E-state index is 11.2. The molecule has 0 aromatic rings. The highest BCUT2D eigenvalue weighted by Gasteiger charge is 2.16. The molecular weight excluding hydrogens is 262 g/mol. The highest BCUT2D eigenvalue weighted by molar-refractivity contribution is 5.86. The minimum atomic E-state index is -0.304. The molecule has 0 rings (SSSR count). The fourth-order valence-electron chi connectivity index (χ4n) is 2.27. The van der Waals surface area contributed by atoms with Crippen LogP contribution in [0.1, 0.15) is 79.1 Å². The average molecular weight is 297 g/mol. The maximum absolute atomic E-state index is 11.2. The molecule has 124 valence electrons. The van der Waals surface area contributed by atoms with E-state index in [-0.39, 0.29) is 11.5 Å². The van der Waals surface area contributed by atoms with E-state index in [0.717, 1.165) is 6.42 Å². The van der Waals surface area contributed by atoms with Gasteiger partial charge in [-0.3, -0.25) is 0 Å². The Labute approximate surface area is 131 Å². The van der Waals surface area contributed by atoms with Crippen LogP contribution in [0.4, 0.5) is 0 Å². The van der Waals surface area contributed by atoms with Gasteiger partial charge in [0.05, 0.1) is 0 Å². The number of esters is 1. The van der Waals surface area contributed by atoms with Crippen molar-refractivity contribution < 1.29 is 9.53 Å². The second-order valence-corrected chi connectivity index (χ2v) is 6.60. The SMILES string of the molecule is C=C(C)C(=O)OCCNC(C)(C)CCCCCCCCC. The highest BCUT2D eigenvalue weighted by Crippen LogP contribution is 2.15. The molecule has 1 N–H and O–H groups in total. The van der Waals surface area contributed by atoms with Crippen LogP contribution in [0, 0.1) is 0 Å². The summed E-state index contributed by atoms with van der Waals surface area (Å²) in [6.07, 6.45) is 10.5. The lowest BCUT2D eigenvalue weighted by atomic mass is 9.96. The van der Waals surface area contributed by atoms with Crippen LogP contribution < -0.4 is 5.32 Å². The molecule has 0 radical (unpaired) electrons. The summed E-state index contributed by atoms with van der Waals surface area (Å²) in [6.45, 7) is 13.0. The molecule has 0 heterocycles. The molecule has 0 saturated carbocycles. The van der Waals surface area contributed by atoms with Crippen LogP contribution in [0.15, 0.2) is 12.2 Å². The predicted molar refractivity (Wildman–Crippen MR) is 90.5 cm³/mol. The molecule has 0 bridgehead atoms. The van der Waals surface area contributed by atoms with Gasteiger partial charge in [0.15, 0.2) is 0 Å². The number of hydrogen-bond donors (Lipinski definition) is 1. The molecule has 3 nitrogen and oxygen atoms in total. The first-order valence-corrected chi connectivity index (χ1v) is 8.46. The van der Waals surface area contributed by atoms with Crippen molar-refractivity contribution in [3.63, 3.8) is 0 Å². The number of hydrogen-bond acceptors (Lipinski definition) is 3. The summed E-state index contributed by atoms with van der Waals surface area (Å²) in [5.74, 6) is -0.304. The Morgan fingerprint density at radius 2 is 1.67 bits per heavy atom. The molecular formula is C18H35NO2. The molecule has 0 aliphatic heterocycles. The number of ether oxygens (including phenoxy) is 1. The van der Waals surface area contributed by atoms with Gasteiger partial charge in [0, 0.05) is 17.7 Å². The molecule has 0 atom stereocenters. The summed E-state index contributed by atoms with van der Waals surface area (Å²) in [4.78, 5) is 11.2. The van der Waals surface area contributed by atoms with E-state index in [2.05, 4.69) is 32.7 Å². The molecule has 0 fully saturated rings. The monoisotopic (exact) mass is 297 g/mol. The topological polar surface area (TPSA) is 38.3 Å². The summed E-state index contributed by atoms with van der Waals surface area (Å²) in [5, 5.41) is 3.46. The largest absolute Gasteiger partial charge is 0.461 e. The highest BCUT2D eigenvalue weighted by atomic mass is 16.5. The lowest BCUT2D eigenvalue weighted by molar-refractivity contribution is -0.138. The van der Waals surface area contributed by atoms with Gasteiger partial charge in [-0.15, -0.1) is 0 Å². The molecule has 3 heteroatoms. The Hall–Kier alpha value is -0.830. The lowest BCUT2D eigenvalue weighted by Gasteiger charge is -2.26. The standard InChI is InChI=1S/C18H35NO2/c1-6-7-8-9-10-11-12-13-18(4,5)19-14-15-21-17(20)16(2)3/h19H,2,6-15H2,1,3-5H3. The number of carbonyl (C=O) groups excluding carboxylic acids is 1. The van der Waals surface area contributed by atoms with Crippen LogP contribution in [0.2, 0.25) is 0 Å². The van der Waals surface area contributed by atoms with Crippen molar-refractivity contribution in [2.75, 3.05) is 13.2 Å². The molecule has 0 unspecified atom stereocenters. The number of nitrogens with one attached hydrogen (secondary N) is 1. The first-order chi connectivity index (χ1) is 9.89. The lowest BCUT2D eigenvalue weighted by Crippen LogP contribution is -2.41. The first-order valence-electron chi connectivity index (χ1n) is 8.46. The van der Waals surface area contributed by atoms with Gasteiger partial charge in [-0.2, -0.15) is 0 Å². The van der Waals surface area contributed by atoms with Crippen molar-refractivity contribution in [3.8, 4) is 0 Å². The van der Waals surface area contributed by atoms with Crippen LogP contribution in [-0.2, 0) is 9.53 Å². The van der Waals surface area contributed by atoms with Crippen molar-refractivity contribution in [1.82, 2.24) is 5.32 Å². The van der Waals surface area contributed by atoms with Gasteiger partial charge in [0.2, 0.25) is 0 Å². The van der Waals surface area contributed by atoms with Crippen LogP contribution in [0.3, 0.4) is 0 Å². The van der Waals surface area contributed by atoms with Crippen LogP contribution in [0.25, 0.3) is 0 Å². The maximum Gasteiger partial charge on any atom is 0.333 e. The fraction of sp³-hybridized carbons (Fsp3) is 0.833. The van der Waals surface area contributed by atoms with E-state index in [9.17, 15) is 4.79 Å². The molecule has 0 aliphatic rings. The van der Waals surface area contributed by atoms with Crippen LogP contribution in [0.5, 0.6) is 0 Å². The van der Waals surface area contributed by atoms with Crippen molar-refractivity contribution in [1.29, 1.82) is 0 Å². The molecule has 0 amide bonds. The van der Waals surface area contributed by atoms with Crippen molar-refractivity contribution in [3.05, 3.63) is 12.2 Å². The first kappa shape index (κ1) is 20.2. The molecule has 0 aliphatic carbocycles. The molecule has 21 heavy (non-hydrogen) atoms. The third-order valence-corrected chi connectivity index (χ3v) is 3.69. The van der Waals surface area contributed by atoms with E-state index >= 15 is 0 Å². The van der Waals surface area contributed by atoms with Crippen molar-refractivity contribution in [2.24, 2.45) is 0 Å². The Morgan fingerprint density at radius 1 is 1.10 bits per heavy atom. The third-order valence-electron chi connectivity index (χ3n) is 3.69. The summed E-state index contributed by atoms with van der Waals surface area (Å²) < 4.78 is 5.08. The Bertz CT molecular complexity index is 298. The summed E-state index contributed by atoms with van der Waals surface area (Å²) in [7, 11) is 0. The molecule has 0 aromatic heterocycles. The normalized spacial score (nSPS) is 11.4. The average Bonchev–Trinajstić information content (AvgIpc) is 2.42. The van der Waals surface area contributed by atoms with Crippen LogP contribution in [-0.4, -0.2) is 24.7 Å². The zero-order valence-corrected chi connectivity index (χ0v) is 14.6. The van der Waals surface area contributed by atoms with E-state index < -0.39 is 0 Å². The Morgan fingerprint density at radius 3 is 2.24 bits per heavy atom. The van der Waals surface area contributed by atoms with Crippen molar-refractivity contribution >= 4 is 5.97 Å². The summed E-state index contributed by atoms with van der Waals surface area (Å²) >= 11 is 0. The van der Waals surface area contributed by atoms with E-state index in [1.54, 1.807) is 6.92 Å². The van der Waals surface area contributed by atoms with E-state index in [1.807, 2.05) is 0 Å². The van der Waals surface area contributed by atoms with E-state index in [1.165, 1.54) is 44.9 Å². The van der Waals surface area contributed by atoms with Gasteiger partial charge in [0.25, 0.3) is 0 Å². The number of unbranched alkanes of at least 4 members (excludes halogenated alkanes) is 6. The van der Waals surface area contributed by atoms with Gasteiger partial charge in [-0.1, -0.05) is 58.4 Å². The third kappa shape index (κ3) is 12.6. The zero-order chi connectivity index (χ0) is 16.1. The predicted octanol–water partition coefficient (Wildman–Crippen LogP) is 4.61. The number of rotatable bonds is 13. The molecule has 0 spiro atoms. The minimum absolute atomic E-state index is 0.110. The summed E-state index contributed by atoms with van der Waals surface area (Å²) in [6, 6.07) is 0. The van der Waals surface area contributed by atoms with Crippen LogP contribution >= 0.6 is 0 Å². The van der Waals surface area contributed by atoms with Gasteiger partial charge < -0.3 is 10.1 Å². The zero-order valence-electron chi connectivity index (χ0n) is 14.6. The van der Waals surface area contributed by atoms with Crippen molar-refractivity contribution in [2.45, 2.75) is 84.6 Å². The molecule has 0 aromatic carbocycles. The van der Waals surface area contributed by atoms with Gasteiger partial charge in [-0.25, -0.2) is 4.79 Å². The van der Waals surface area contributed by atoms with Gasteiger partial charge in [0.1, 0.15) is 6.61 Å².